The lowest BCUT2D eigenvalue weighted by Crippen LogP contribution is -2.37. The molecule has 0 bridgehead atoms. The highest BCUT2D eigenvalue weighted by Gasteiger charge is 2.18. The van der Waals surface area contributed by atoms with Gasteiger partial charge in [0.1, 0.15) is 0 Å². The number of amides is 2. The molecule has 0 unspecified atom stereocenters. The van der Waals surface area contributed by atoms with Crippen molar-refractivity contribution in [1.82, 2.24) is 4.90 Å². The Morgan fingerprint density at radius 2 is 2.20 bits per heavy atom. The monoisotopic (exact) mass is 295 g/mol. The smallest absolute Gasteiger partial charge is 0.226 e. The summed E-state index contributed by atoms with van der Waals surface area (Å²) >= 11 is 5.81. The number of anilines is 2. The van der Waals surface area contributed by atoms with Crippen LogP contribution in [-0.2, 0) is 9.59 Å². The van der Waals surface area contributed by atoms with Gasteiger partial charge in [-0.25, -0.2) is 0 Å². The largest absolute Gasteiger partial charge is 0.397 e. The number of nitrogen functional groups attached to an aromatic ring is 1. The molecule has 1 heterocycles. The Morgan fingerprint density at radius 3 is 2.90 bits per heavy atom. The molecular weight excluding hydrogens is 278 g/mol. The molecule has 1 fully saturated rings. The van der Waals surface area contributed by atoms with Gasteiger partial charge in [0, 0.05) is 31.6 Å². The van der Waals surface area contributed by atoms with Crippen LogP contribution >= 0.6 is 11.6 Å². The van der Waals surface area contributed by atoms with Crippen LogP contribution < -0.4 is 11.1 Å². The van der Waals surface area contributed by atoms with Crippen LogP contribution in [-0.4, -0.2) is 29.8 Å². The molecular formula is C14H18ClN3O2. The molecule has 3 N–H and O–H groups in total. The number of benzene rings is 1. The standard InChI is InChI=1S/C14H18ClN3O2/c15-11-5-4-10(9-12(11)16)17-13(19)6-8-18-7-2-1-3-14(18)20/h4-5,9H,1-3,6-8,16H2,(H,17,19). The van der Waals surface area contributed by atoms with E-state index in [9.17, 15) is 9.59 Å². The topological polar surface area (TPSA) is 75.4 Å². The van der Waals surface area contributed by atoms with E-state index in [-0.39, 0.29) is 18.2 Å². The maximum absolute atomic E-state index is 11.8. The van der Waals surface area contributed by atoms with Crippen molar-refractivity contribution in [2.24, 2.45) is 0 Å². The molecule has 20 heavy (non-hydrogen) atoms. The van der Waals surface area contributed by atoms with Gasteiger partial charge in [-0.1, -0.05) is 11.6 Å². The number of piperidine rings is 1. The highest BCUT2D eigenvalue weighted by atomic mass is 35.5. The van der Waals surface area contributed by atoms with Crippen LogP contribution in [0.4, 0.5) is 11.4 Å². The number of nitrogens with one attached hydrogen (secondary N) is 1. The third-order valence-electron chi connectivity index (χ3n) is 3.31. The average Bonchev–Trinajstić information content (AvgIpc) is 2.42. The molecule has 0 saturated carbocycles. The van der Waals surface area contributed by atoms with E-state index in [1.165, 1.54) is 0 Å². The first-order valence-electron chi connectivity index (χ1n) is 6.69. The first-order valence-corrected chi connectivity index (χ1v) is 7.07. The molecule has 108 valence electrons. The molecule has 0 radical (unpaired) electrons. The Bertz CT molecular complexity index is 519. The van der Waals surface area contributed by atoms with Crippen LogP contribution in [0.15, 0.2) is 18.2 Å². The van der Waals surface area contributed by atoms with Gasteiger partial charge >= 0.3 is 0 Å². The van der Waals surface area contributed by atoms with Crippen molar-refractivity contribution in [3.05, 3.63) is 23.2 Å². The molecule has 5 nitrogen and oxygen atoms in total. The van der Waals surface area contributed by atoms with E-state index in [1.807, 2.05) is 0 Å². The van der Waals surface area contributed by atoms with Crippen LogP contribution in [0.1, 0.15) is 25.7 Å². The van der Waals surface area contributed by atoms with Gasteiger partial charge in [0.2, 0.25) is 11.8 Å². The van der Waals surface area contributed by atoms with E-state index < -0.39 is 0 Å². The average molecular weight is 296 g/mol. The van der Waals surface area contributed by atoms with E-state index in [0.29, 0.717) is 29.4 Å². The zero-order chi connectivity index (χ0) is 14.5. The summed E-state index contributed by atoms with van der Waals surface area (Å²) in [5.74, 6) is 0.00452. The minimum Gasteiger partial charge on any atom is -0.397 e. The van der Waals surface area contributed by atoms with Crippen molar-refractivity contribution in [3.8, 4) is 0 Å². The molecule has 0 aromatic heterocycles. The minimum atomic E-state index is -0.134. The number of nitrogens with zero attached hydrogens (tertiary/aromatic N) is 1. The van der Waals surface area contributed by atoms with E-state index in [0.717, 1.165) is 19.4 Å². The van der Waals surface area contributed by atoms with Crippen LogP contribution in [0.3, 0.4) is 0 Å². The molecule has 0 spiro atoms. The van der Waals surface area contributed by atoms with Crippen molar-refractivity contribution < 1.29 is 9.59 Å². The van der Waals surface area contributed by atoms with E-state index >= 15 is 0 Å². The summed E-state index contributed by atoms with van der Waals surface area (Å²) in [5, 5.41) is 3.21. The van der Waals surface area contributed by atoms with Gasteiger partial charge in [0.05, 0.1) is 10.7 Å². The Hall–Kier alpha value is -1.75. The summed E-state index contributed by atoms with van der Waals surface area (Å²) in [6.45, 7) is 1.22. The fourth-order valence-corrected chi connectivity index (χ4v) is 2.30. The Morgan fingerprint density at radius 1 is 1.40 bits per heavy atom. The maximum atomic E-state index is 11.8. The third-order valence-corrected chi connectivity index (χ3v) is 3.65. The van der Waals surface area contributed by atoms with Gasteiger partial charge in [-0.2, -0.15) is 0 Å². The second kappa shape index (κ2) is 6.61. The van der Waals surface area contributed by atoms with Gasteiger partial charge in [0.25, 0.3) is 0 Å². The third kappa shape index (κ3) is 3.87. The molecule has 0 aliphatic carbocycles. The second-order valence-corrected chi connectivity index (χ2v) is 5.28. The summed E-state index contributed by atoms with van der Waals surface area (Å²) in [6.07, 6.45) is 2.84. The fourth-order valence-electron chi connectivity index (χ4n) is 2.18. The van der Waals surface area contributed by atoms with Crippen molar-refractivity contribution in [1.29, 1.82) is 0 Å². The molecule has 1 saturated heterocycles. The van der Waals surface area contributed by atoms with E-state index in [2.05, 4.69) is 5.32 Å². The first-order chi connectivity index (χ1) is 9.56. The number of carbonyl (C=O) groups is 2. The lowest BCUT2D eigenvalue weighted by Gasteiger charge is -2.26. The molecule has 0 atom stereocenters. The molecule has 1 aromatic rings. The lowest BCUT2D eigenvalue weighted by atomic mass is 10.1. The van der Waals surface area contributed by atoms with Crippen LogP contribution in [0, 0.1) is 0 Å². The maximum Gasteiger partial charge on any atom is 0.226 e. The minimum absolute atomic E-state index is 0.134. The van der Waals surface area contributed by atoms with Crippen molar-refractivity contribution in [2.45, 2.75) is 25.7 Å². The van der Waals surface area contributed by atoms with E-state index in [4.69, 9.17) is 17.3 Å². The van der Waals surface area contributed by atoms with Crippen molar-refractivity contribution in [2.75, 3.05) is 24.1 Å². The number of hydrogen-bond acceptors (Lipinski definition) is 3. The summed E-state index contributed by atoms with van der Waals surface area (Å²) in [6, 6.07) is 4.95. The first kappa shape index (κ1) is 14.7. The van der Waals surface area contributed by atoms with Crippen LogP contribution in [0.25, 0.3) is 0 Å². The number of halogens is 1. The molecule has 1 aliphatic heterocycles. The molecule has 2 amide bonds. The Balaban J connectivity index is 1.83. The summed E-state index contributed by atoms with van der Waals surface area (Å²) in [4.78, 5) is 25.2. The Kier molecular flexibility index (Phi) is 4.84. The number of likely N-dealkylation sites (tertiary alicyclic amines) is 1. The van der Waals surface area contributed by atoms with E-state index in [1.54, 1.807) is 23.1 Å². The van der Waals surface area contributed by atoms with Gasteiger partial charge in [-0.05, 0) is 31.0 Å². The highest BCUT2D eigenvalue weighted by molar-refractivity contribution is 6.33. The zero-order valence-corrected chi connectivity index (χ0v) is 11.9. The number of rotatable bonds is 4. The molecule has 1 aliphatic rings. The fraction of sp³-hybridized carbons (Fsp3) is 0.429. The zero-order valence-electron chi connectivity index (χ0n) is 11.2. The lowest BCUT2D eigenvalue weighted by molar-refractivity contribution is -0.133. The predicted octanol–water partition coefficient (Wildman–Crippen LogP) is 2.26. The Labute approximate surface area is 123 Å². The number of carbonyl (C=O) groups excluding carboxylic acids is 2. The molecule has 1 aromatic carbocycles. The van der Waals surface area contributed by atoms with Crippen molar-refractivity contribution >= 4 is 34.8 Å². The van der Waals surface area contributed by atoms with Crippen molar-refractivity contribution in [3.63, 3.8) is 0 Å². The summed E-state index contributed by atoms with van der Waals surface area (Å²) in [7, 11) is 0. The van der Waals surface area contributed by atoms with Gasteiger partial charge in [-0.15, -0.1) is 0 Å². The van der Waals surface area contributed by atoms with Crippen LogP contribution in [0.2, 0.25) is 5.02 Å². The number of nitrogens with two attached hydrogens (primary N) is 1. The highest BCUT2D eigenvalue weighted by Crippen LogP contribution is 2.22. The SMILES string of the molecule is Nc1cc(NC(=O)CCN2CCCCC2=O)ccc1Cl. The normalized spacial score (nSPS) is 15.2. The summed E-state index contributed by atoms with van der Waals surface area (Å²) in [5.41, 5.74) is 6.71. The summed E-state index contributed by atoms with van der Waals surface area (Å²) < 4.78 is 0. The van der Waals surface area contributed by atoms with Gasteiger partial charge < -0.3 is 16.0 Å². The van der Waals surface area contributed by atoms with Crippen LogP contribution in [0.5, 0.6) is 0 Å². The molecule has 6 heteroatoms. The number of hydrogen-bond donors (Lipinski definition) is 2. The molecule has 2 rings (SSSR count). The van der Waals surface area contributed by atoms with Gasteiger partial charge in [0.15, 0.2) is 0 Å². The quantitative estimate of drug-likeness (QED) is 0.837. The van der Waals surface area contributed by atoms with Gasteiger partial charge in [-0.3, -0.25) is 9.59 Å². The second-order valence-electron chi connectivity index (χ2n) is 4.87. The predicted molar refractivity (Wildman–Crippen MR) is 79.5 cm³/mol.